The summed E-state index contributed by atoms with van der Waals surface area (Å²) in [5.41, 5.74) is 2.59. The topological polar surface area (TPSA) is 18.5 Å². The predicted molar refractivity (Wildman–Crippen MR) is 247 cm³/mol. The lowest BCUT2D eigenvalue weighted by Gasteiger charge is -2.11. The third-order valence-electron chi connectivity index (χ3n) is 11.8. The van der Waals surface area contributed by atoms with Crippen LogP contribution in [-0.4, -0.2) is 0 Å². The third kappa shape index (κ3) is 31.4. The molecule has 0 saturated carbocycles. The summed E-state index contributed by atoms with van der Waals surface area (Å²) < 4.78 is 25.6. The minimum atomic E-state index is -2.51. The van der Waals surface area contributed by atoms with Crippen molar-refractivity contribution in [1.82, 2.24) is 0 Å². The molecule has 2 aromatic carbocycles. The van der Waals surface area contributed by atoms with Gasteiger partial charge in [-0.15, -0.1) is 4.20 Å². The van der Waals surface area contributed by atoms with E-state index in [2.05, 4.69) is 38.1 Å². The summed E-state index contributed by atoms with van der Waals surface area (Å²) in [7, 11) is -2.51. The smallest absolute Gasteiger partial charge is 0.415 e. The first kappa shape index (κ1) is 50.5. The van der Waals surface area contributed by atoms with Crippen LogP contribution in [0, 0.1) is 0 Å². The zero-order chi connectivity index (χ0) is 39.8. The Kier molecular flexibility index (Phi) is 35.1. The van der Waals surface area contributed by atoms with E-state index in [9.17, 15) is 4.20 Å². The van der Waals surface area contributed by atoms with Gasteiger partial charge in [0, 0.05) is 0 Å². The van der Waals surface area contributed by atoms with Gasteiger partial charge in [-0.3, -0.25) is 0 Å². The molecular weight excluding hydrogens is 707 g/mol. The van der Waals surface area contributed by atoms with Crippen LogP contribution in [-0.2, 0) is 12.8 Å². The molecule has 0 unspecified atom stereocenters. The number of rotatable bonds is 42. The minimum Gasteiger partial charge on any atom is -0.415 e. The first-order valence-corrected chi connectivity index (χ1v) is 25.8. The Balaban J connectivity index is 1.37. The molecule has 0 aliphatic rings. The van der Waals surface area contributed by atoms with Crippen LogP contribution in [0.4, 0.5) is 4.20 Å². The number of halogens is 1. The second-order valence-electron chi connectivity index (χ2n) is 17.2. The summed E-state index contributed by atoms with van der Waals surface area (Å²) in [6.07, 6.45) is 52.6. The first-order valence-electron chi connectivity index (χ1n) is 24.7. The molecule has 0 spiro atoms. The van der Waals surface area contributed by atoms with Gasteiger partial charge in [-0.05, 0) is 61.1 Å². The van der Waals surface area contributed by atoms with Gasteiger partial charge in [0.25, 0.3) is 0 Å². The van der Waals surface area contributed by atoms with Crippen LogP contribution in [0.15, 0.2) is 48.5 Å². The molecule has 0 aromatic heterocycles. The van der Waals surface area contributed by atoms with E-state index >= 15 is 0 Å². The normalized spacial score (nSPS) is 11.5. The Labute approximate surface area is 349 Å². The van der Waals surface area contributed by atoms with Crippen molar-refractivity contribution in [2.24, 2.45) is 0 Å². The average molecular weight is 797 g/mol. The fourth-order valence-electron chi connectivity index (χ4n) is 8.08. The second-order valence-corrected chi connectivity index (χ2v) is 18.0. The standard InChI is InChI=1S/C52H90FO2P/c1-3-5-7-9-11-13-15-17-19-21-23-25-27-29-31-33-35-37-39-49-41-45-51(46-42-49)54-56(53)55-52-47-43-50(44-48-52)40-38-36-34-32-30-28-26-24-22-20-18-16-14-12-10-8-6-4-2/h41-48H,3-40H2,1-2H3. The van der Waals surface area contributed by atoms with E-state index in [0.717, 1.165) is 12.8 Å². The van der Waals surface area contributed by atoms with Crippen molar-refractivity contribution >= 4 is 8.69 Å². The van der Waals surface area contributed by atoms with Gasteiger partial charge in [-0.1, -0.05) is 256 Å². The quantitative estimate of drug-likeness (QED) is 0.0492. The summed E-state index contributed by atoms with van der Waals surface area (Å²) in [6.45, 7) is 4.59. The number of benzene rings is 2. The van der Waals surface area contributed by atoms with Crippen LogP contribution in [0.25, 0.3) is 0 Å². The van der Waals surface area contributed by atoms with Crippen molar-refractivity contribution in [1.29, 1.82) is 0 Å². The zero-order valence-corrected chi connectivity index (χ0v) is 38.0. The first-order chi connectivity index (χ1) is 27.7. The van der Waals surface area contributed by atoms with Gasteiger partial charge in [-0.25, -0.2) is 0 Å². The van der Waals surface area contributed by atoms with Gasteiger partial charge in [0.15, 0.2) is 0 Å². The number of hydrogen-bond donors (Lipinski definition) is 0. The molecule has 0 aliphatic carbocycles. The van der Waals surface area contributed by atoms with E-state index in [-0.39, 0.29) is 0 Å². The second kappa shape index (κ2) is 38.9. The highest BCUT2D eigenvalue weighted by Gasteiger charge is 2.14. The fourth-order valence-corrected chi connectivity index (χ4v) is 8.69. The molecule has 0 bridgehead atoms. The maximum atomic E-state index is 14.7. The highest BCUT2D eigenvalue weighted by Crippen LogP contribution is 2.41. The monoisotopic (exact) mass is 797 g/mol. The highest BCUT2D eigenvalue weighted by molar-refractivity contribution is 7.42. The molecule has 322 valence electrons. The lowest BCUT2D eigenvalue weighted by atomic mass is 10.0. The summed E-state index contributed by atoms with van der Waals surface area (Å²) in [6, 6.07) is 15.8. The van der Waals surface area contributed by atoms with Crippen molar-refractivity contribution in [2.45, 2.75) is 258 Å². The number of aryl methyl sites for hydroxylation is 2. The Hall–Kier alpha value is -1.60. The van der Waals surface area contributed by atoms with Gasteiger partial charge in [0.1, 0.15) is 11.5 Å². The molecule has 0 aliphatic heterocycles. The van der Waals surface area contributed by atoms with E-state index in [4.69, 9.17) is 9.05 Å². The molecule has 0 heterocycles. The van der Waals surface area contributed by atoms with Crippen molar-refractivity contribution < 1.29 is 13.2 Å². The fraction of sp³-hybridized carbons (Fsp3) is 0.769. The molecule has 0 atom stereocenters. The van der Waals surface area contributed by atoms with Crippen molar-refractivity contribution in [3.8, 4) is 11.5 Å². The van der Waals surface area contributed by atoms with Crippen molar-refractivity contribution in [3.63, 3.8) is 0 Å². The number of hydrogen-bond acceptors (Lipinski definition) is 2. The molecule has 2 nitrogen and oxygen atoms in total. The summed E-state index contributed by atoms with van der Waals surface area (Å²) in [4.78, 5) is 0. The van der Waals surface area contributed by atoms with E-state index in [1.165, 1.54) is 242 Å². The molecular formula is C52H90FO2P. The van der Waals surface area contributed by atoms with Crippen LogP contribution in [0.3, 0.4) is 0 Å². The third-order valence-corrected chi connectivity index (χ3v) is 12.5. The van der Waals surface area contributed by atoms with Crippen molar-refractivity contribution in [2.75, 3.05) is 0 Å². The maximum Gasteiger partial charge on any atom is 0.505 e. The van der Waals surface area contributed by atoms with Crippen molar-refractivity contribution in [3.05, 3.63) is 59.7 Å². The Morgan fingerprint density at radius 3 is 0.714 bits per heavy atom. The Morgan fingerprint density at radius 2 is 0.500 bits per heavy atom. The van der Waals surface area contributed by atoms with Crippen LogP contribution in [0.1, 0.15) is 256 Å². The molecule has 56 heavy (non-hydrogen) atoms. The molecule has 4 heteroatoms. The Bertz CT molecular complexity index is 988. The summed E-state index contributed by atoms with van der Waals surface area (Å²) in [5, 5.41) is 0. The molecule has 0 saturated heterocycles. The molecule has 0 fully saturated rings. The largest absolute Gasteiger partial charge is 0.505 e. The van der Waals surface area contributed by atoms with Crippen LogP contribution in [0.5, 0.6) is 11.5 Å². The molecule has 0 N–H and O–H groups in total. The molecule has 0 radical (unpaired) electrons. The van der Waals surface area contributed by atoms with Gasteiger partial charge >= 0.3 is 8.69 Å². The number of unbranched alkanes of at least 4 members (excludes halogenated alkanes) is 34. The van der Waals surface area contributed by atoms with Gasteiger partial charge in [0.2, 0.25) is 0 Å². The highest BCUT2D eigenvalue weighted by atomic mass is 31.2. The lowest BCUT2D eigenvalue weighted by Crippen LogP contribution is -1.93. The molecule has 0 amide bonds. The summed E-state index contributed by atoms with van der Waals surface area (Å²) >= 11 is 0. The van der Waals surface area contributed by atoms with Gasteiger partial charge in [0.05, 0.1) is 0 Å². The Morgan fingerprint density at radius 1 is 0.304 bits per heavy atom. The van der Waals surface area contributed by atoms with Crippen LogP contribution >= 0.6 is 8.69 Å². The molecule has 2 aromatic rings. The van der Waals surface area contributed by atoms with E-state index in [0.29, 0.717) is 11.5 Å². The minimum absolute atomic E-state index is 0.533. The predicted octanol–water partition coefficient (Wildman–Crippen LogP) is 19.5. The zero-order valence-electron chi connectivity index (χ0n) is 37.1. The summed E-state index contributed by atoms with van der Waals surface area (Å²) in [5.74, 6) is 1.07. The molecule has 2 rings (SSSR count). The van der Waals surface area contributed by atoms with Gasteiger partial charge < -0.3 is 9.05 Å². The average Bonchev–Trinajstić information content (AvgIpc) is 3.21. The van der Waals surface area contributed by atoms with Gasteiger partial charge in [-0.2, -0.15) is 0 Å². The van der Waals surface area contributed by atoms with Crippen LogP contribution < -0.4 is 9.05 Å². The van der Waals surface area contributed by atoms with E-state index in [1.807, 2.05) is 24.3 Å². The van der Waals surface area contributed by atoms with E-state index in [1.54, 1.807) is 0 Å². The van der Waals surface area contributed by atoms with E-state index < -0.39 is 8.69 Å². The lowest BCUT2D eigenvalue weighted by molar-refractivity contribution is 0.439. The maximum absolute atomic E-state index is 14.7. The SMILES string of the molecule is CCCCCCCCCCCCCCCCCCCCc1ccc(OP(F)Oc2ccc(CCCCCCCCCCCCCCCCCCCC)cc2)cc1. The van der Waals surface area contributed by atoms with Crippen LogP contribution in [0.2, 0.25) is 0 Å².